The number of likely N-dealkylation sites (N-methyl/N-ethyl adjacent to an activating group) is 1. The van der Waals surface area contributed by atoms with Gasteiger partial charge in [0.2, 0.25) is 5.91 Å². The zero-order valence-corrected chi connectivity index (χ0v) is 23.9. The summed E-state index contributed by atoms with van der Waals surface area (Å²) in [4.78, 5) is 35.1. The molecule has 0 saturated carbocycles. The van der Waals surface area contributed by atoms with E-state index in [2.05, 4.69) is 22.0 Å². The molecule has 0 spiro atoms. The first-order chi connectivity index (χ1) is 18.9. The SMILES string of the molecule is CCOc1ccc(NC(=O)C[C@H]2C(=O)N(c3ccc(OC)cc3)C(=S)N2CCCN2CCN(CC)CC2)cc1. The zero-order valence-electron chi connectivity index (χ0n) is 23.1. The number of piperazine rings is 1. The number of methoxy groups -OCH3 is 1. The lowest BCUT2D eigenvalue weighted by atomic mass is 10.1. The second-order valence-electron chi connectivity index (χ2n) is 9.70. The van der Waals surface area contributed by atoms with Crippen LogP contribution < -0.4 is 19.7 Å². The summed E-state index contributed by atoms with van der Waals surface area (Å²) in [6.07, 6.45) is 0.862. The molecule has 39 heavy (non-hydrogen) atoms. The maximum atomic E-state index is 13.7. The van der Waals surface area contributed by atoms with Crippen molar-refractivity contribution >= 4 is 40.5 Å². The van der Waals surface area contributed by atoms with Crippen LogP contribution in [0.3, 0.4) is 0 Å². The number of benzene rings is 2. The molecule has 2 heterocycles. The molecule has 0 bridgehead atoms. The van der Waals surface area contributed by atoms with E-state index < -0.39 is 6.04 Å². The van der Waals surface area contributed by atoms with Crippen molar-refractivity contribution in [2.75, 3.05) is 69.7 Å². The molecular weight excluding hydrogens is 514 g/mol. The van der Waals surface area contributed by atoms with Gasteiger partial charge in [0.1, 0.15) is 17.5 Å². The van der Waals surface area contributed by atoms with Gasteiger partial charge in [-0.1, -0.05) is 6.92 Å². The van der Waals surface area contributed by atoms with E-state index in [9.17, 15) is 9.59 Å². The Morgan fingerprint density at radius 3 is 2.21 bits per heavy atom. The van der Waals surface area contributed by atoms with Crippen LogP contribution in [0.1, 0.15) is 26.7 Å². The van der Waals surface area contributed by atoms with E-state index in [0.29, 0.717) is 35.4 Å². The highest BCUT2D eigenvalue weighted by Gasteiger charge is 2.44. The number of nitrogens with zero attached hydrogens (tertiary/aromatic N) is 4. The lowest BCUT2D eigenvalue weighted by Gasteiger charge is -2.34. The minimum Gasteiger partial charge on any atom is -0.497 e. The molecule has 9 nitrogen and oxygen atoms in total. The predicted octanol–water partition coefficient (Wildman–Crippen LogP) is 3.45. The summed E-state index contributed by atoms with van der Waals surface area (Å²) in [5.74, 6) is 1.01. The molecule has 2 aliphatic heterocycles. The standard InChI is InChI=1S/C29H39N5O4S/c1-4-31-17-19-32(20-18-31)15-6-16-33-26(21-27(35)30-22-7-11-25(12-8-22)38-5-2)28(36)34(29(33)39)23-9-13-24(37-3)14-10-23/h7-14,26H,4-6,15-21H2,1-3H3,(H,30,35)/t26-/m0/s1. The molecule has 0 aromatic heterocycles. The second-order valence-corrected chi connectivity index (χ2v) is 10.1. The van der Waals surface area contributed by atoms with Crippen LogP contribution in [0.25, 0.3) is 0 Å². The van der Waals surface area contributed by atoms with Gasteiger partial charge in [-0.3, -0.25) is 14.5 Å². The van der Waals surface area contributed by atoms with E-state index in [1.807, 2.05) is 36.1 Å². The maximum Gasteiger partial charge on any atom is 0.256 e. The van der Waals surface area contributed by atoms with Gasteiger partial charge < -0.3 is 29.5 Å². The minimum absolute atomic E-state index is 0.00795. The molecule has 0 unspecified atom stereocenters. The second kappa shape index (κ2) is 13.7. The average molecular weight is 554 g/mol. The predicted molar refractivity (Wildman–Crippen MR) is 158 cm³/mol. The van der Waals surface area contributed by atoms with E-state index in [4.69, 9.17) is 21.7 Å². The molecular formula is C29H39N5O4S. The highest BCUT2D eigenvalue weighted by molar-refractivity contribution is 7.80. The Morgan fingerprint density at radius 2 is 1.59 bits per heavy atom. The van der Waals surface area contributed by atoms with E-state index in [-0.39, 0.29) is 18.2 Å². The molecule has 2 fully saturated rings. The smallest absolute Gasteiger partial charge is 0.256 e. The van der Waals surface area contributed by atoms with Crippen molar-refractivity contribution < 1.29 is 19.1 Å². The number of amides is 2. The average Bonchev–Trinajstić information content (AvgIpc) is 3.18. The molecule has 1 atom stereocenters. The van der Waals surface area contributed by atoms with E-state index in [1.165, 1.54) is 0 Å². The van der Waals surface area contributed by atoms with Crippen LogP contribution in [0.4, 0.5) is 11.4 Å². The lowest BCUT2D eigenvalue weighted by Crippen LogP contribution is -2.47. The van der Waals surface area contributed by atoms with Crippen molar-refractivity contribution in [1.29, 1.82) is 0 Å². The fraction of sp³-hybridized carbons (Fsp3) is 0.483. The van der Waals surface area contributed by atoms with E-state index in [1.54, 1.807) is 36.3 Å². The molecule has 210 valence electrons. The summed E-state index contributed by atoms with van der Waals surface area (Å²) in [5, 5.41) is 3.35. The number of hydrogen-bond donors (Lipinski definition) is 1. The Bertz CT molecular complexity index is 1120. The molecule has 0 aliphatic carbocycles. The van der Waals surface area contributed by atoms with E-state index >= 15 is 0 Å². The molecule has 2 aliphatic rings. The van der Waals surface area contributed by atoms with Gasteiger partial charge in [-0.25, -0.2) is 0 Å². The topological polar surface area (TPSA) is 77.6 Å². The molecule has 4 rings (SSSR count). The monoisotopic (exact) mass is 553 g/mol. The van der Waals surface area contributed by atoms with Crippen molar-refractivity contribution in [2.24, 2.45) is 0 Å². The number of ether oxygens (including phenoxy) is 2. The maximum absolute atomic E-state index is 13.7. The van der Waals surface area contributed by atoms with Crippen molar-refractivity contribution in [2.45, 2.75) is 32.7 Å². The fourth-order valence-electron chi connectivity index (χ4n) is 5.04. The number of carbonyl (C=O) groups excluding carboxylic acids is 2. The highest BCUT2D eigenvalue weighted by atomic mass is 32.1. The molecule has 2 aromatic rings. The molecule has 0 radical (unpaired) electrons. The fourth-order valence-corrected chi connectivity index (χ4v) is 5.45. The lowest BCUT2D eigenvalue weighted by molar-refractivity contribution is -0.124. The summed E-state index contributed by atoms with van der Waals surface area (Å²) < 4.78 is 10.7. The van der Waals surface area contributed by atoms with Crippen molar-refractivity contribution in [1.82, 2.24) is 14.7 Å². The number of rotatable bonds is 12. The first-order valence-corrected chi connectivity index (χ1v) is 14.1. The summed E-state index contributed by atoms with van der Waals surface area (Å²) in [7, 11) is 1.60. The van der Waals surface area contributed by atoms with Crippen LogP contribution in [0, 0.1) is 0 Å². The van der Waals surface area contributed by atoms with Gasteiger partial charge in [0.05, 0.1) is 25.8 Å². The van der Waals surface area contributed by atoms with Gasteiger partial charge in [-0.15, -0.1) is 0 Å². The molecule has 2 amide bonds. The van der Waals surface area contributed by atoms with Crippen LogP contribution in [-0.2, 0) is 9.59 Å². The summed E-state index contributed by atoms with van der Waals surface area (Å²) >= 11 is 5.82. The number of carbonyl (C=O) groups is 2. The minimum atomic E-state index is -0.667. The summed E-state index contributed by atoms with van der Waals surface area (Å²) in [6.45, 7) is 11.6. The number of thiocarbonyl (C=S) groups is 1. The summed E-state index contributed by atoms with van der Waals surface area (Å²) in [5.41, 5.74) is 1.32. The van der Waals surface area contributed by atoms with Crippen LogP contribution >= 0.6 is 12.2 Å². The molecule has 10 heteroatoms. The van der Waals surface area contributed by atoms with Crippen molar-refractivity contribution in [3.05, 3.63) is 48.5 Å². The Labute approximate surface area is 236 Å². The third kappa shape index (κ3) is 7.26. The number of hydrogen-bond acceptors (Lipinski definition) is 7. The zero-order chi connectivity index (χ0) is 27.8. The van der Waals surface area contributed by atoms with Crippen LogP contribution in [-0.4, -0.2) is 97.2 Å². The van der Waals surface area contributed by atoms with E-state index in [0.717, 1.165) is 51.4 Å². The van der Waals surface area contributed by atoms with Crippen LogP contribution in [0.15, 0.2) is 48.5 Å². The normalized spacial score (nSPS) is 18.5. The Balaban J connectivity index is 1.44. The van der Waals surface area contributed by atoms with Gasteiger partial charge in [0.15, 0.2) is 5.11 Å². The number of anilines is 2. The Morgan fingerprint density at radius 1 is 0.949 bits per heavy atom. The van der Waals surface area contributed by atoms with Crippen LogP contribution in [0.5, 0.6) is 11.5 Å². The Kier molecular flexibility index (Phi) is 10.1. The highest BCUT2D eigenvalue weighted by Crippen LogP contribution is 2.29. The third-order valence-electron chi connectivity index (χ3n) is 7.26. The van der Waals surface area contributed by atoms with Gasteiger partial charge >= 0.3 is 0 Å². The van der Waals surface area contributed by atoms with Gasteiger partial charge in [0.25, 0.3) is 5.91 Å². The molecule has 2 saturated heterocycles. The molecule has 2 aromatic carbocycles. The van der Waals surface area contributed by atoms with Gasteiger partial charge in [-0.2, -0.15) is 0 Å². The molecule has 1 N–H and O–H groups in total. The third-order valence-corrected chi connectivity index (χ3v) is 7.68. The van der Waals surface area contributed by atoms with Gasteiger partial charge in [0, 0.05) is 38.4 Å². The first kappa shape index (κ1) is 28.8. The van der Waals surface area contributed by atoms with Crippen molar-refractivity contribution in [3.8, 4) is 11.5 Å². The van der Waals surface area contributed by atoms with Crippen LogP contribution in [0.2, 0.25) is 0 Å². The quantitative estimate of drug-likeness (QED) is 0.401. The largest absolute Gasteiger partial charge is 0.497 e. The Hall–Kier alpha value is -3.21. The van der Waals surface area contributed by atoms with Gasteiger partial charge in [-0.05, 0) is 87.2 Å². The number of nitrogens with one attached hydrogen (secondary N) is 1. The first-order valence-electron chi connectivity index (χ1n) is 13.7. The summed E-state index contributed by atoms with van der Waals surface area (Å²) in [6, 6.07) is 13.8. The van der Waals surface area contributed by atoms with Crippen molar-refractivity contribution in [3.63, 3.8) is 0 Å².